The zero-order chi connectivity index (χ0) is 11.8. The Morgan fingerprint density at radius 1 is 1.38 bits per heavy atom. The molecule has 1 heterocycles. The summed E-state index contributed by atoms with van der Waals surface area (Å²) in [6.45, 7) is 1.98. The number of hydrogen-bond acceptors (Lipinski definition) is 2. The molecule has 1 aromatic heterocycles. The Morgan fingerprint density at radius 3 is 2.50 bits per heavy atom. The van der Waals surface area contributed by atoms with Crippen molar-refractivity contribution in [3.05, 3.63) is 21.9 Å². The van der Waals surface area contributed by atoms with E-state index in [4.69, 9.17) is 0 Å². The van der Waals surface area contributed by atoms with Crippen LogP contribution in [0.4, 0.5) is 8.78 Å². The molecule has 1 aliphatic carbocycles. The molecule has 1 nitrogen and oxygen atoms in total. The third-order valence-corrected chi connectivity index (χ3v) is 4.33. The van der Waals surface area contributed by atoms with Crippen LogP contribution in [0.1, 0.15) is 41.5 Å². The van der Waals surface area contributed by atoms with E-state index in [-0.39, 0.29) is 18.8 Å². The molecule has 0 amide bonds. The van der Waals surface area contributed by atoms with Crippen LogP contribution < -0.4 is 0 Å². The average Bonchev–Trinajstić information content (AvgIpc) is 2.64. The lowest BCUT2D eigenvalue weighted by atomic mass is 9.83. The van der Waals surface area contributed by atoms with Gasteiger partial charge in [-0.2, -0.15) is 0 Å². The van der Waals surface area contributed by atoms with E-state index in [1.807, 2.05) is 19.1 Å². The third kappa shape index (κ3) is 2.61. The van der Waals surface area contributed by atoms with Gasteiger partial charge in [0.15, 0.2) is 0 Å². The number of halogens is 2. The molecule has 16 heavy (non-hydrogen) atoms. The minimum absolute atomic E-state index is 0.00215. The Hall–Kier alpha value is -0.480. The molecule has 1 N–H and O–H groups in total. The van der Waals surface area contributed by atoms with Crippen LogP contribution in [0.25, 0.3) is 0 Å². The predicted octanol–water partition coefficient (Wildman–Crippen LogP) is 3.92. The first-order chi connectivity index (χ1) is 7.48. The van der Waals surface area contributed by atoms with Crippen LogP contribution in [-0.4, -0.2) is 11.0 Å². The van der Waals surface area contributed by atoms with Crippen molar-refractivity contribution in [3.8, 4) is 0 Å². The van der Waals surface area contributed by atoms with Gasteiger partial charge in [-0.1, -0.05) is 0 Å². The minimum atomic E-state index is -2.51. The number of rotatable bonds is 2. The Labute approximate surface area is 98.1 Å². The molecule has 1 atom stereocenters. The van der Waals surface area contributed by atoms with Gasteiger partial charge in [-0.15, -0.1) is 11.3 Å². The second kappa shape index (κ2) is 4.41. The smallest absolute Gasteiger partial charge is 0.248 e. The van der Waals surface area contributed by atoms with E-state index in [0.717, 1.165) is 9.75 Å². The third-order valence-electron chi connectivity index (χ3n) is 3.26. The molecular formula is C12H16F2OS. The molecule has 1 fully saturated rings. The van der Waals surface area contributed by atoms with E-state index in [0.29, 0.717) is 12.8 Å². The molecule has 0 aromatic carbocycles. The topological polar surface area (TPSA) is 20.2 Å². The average molecular weight is 246 g/mol. The van der Waals surface area contributed by atoms with Gasteiger partial charge in [-0.3, -0.25) is 0 Å². The number of thiophene rings is 1. The maximum atomic E-state index is 13.0. The SMILES string of the molecule is Cc1ccc(C(O)C2CCC(F)(F)CC2)s1. The second-order valence-corrected chi connectivity index (χ2v) is 5.91. The van der Waals surface area contributed by atoms with Gasteiger partial charge in [0.25, 0.3) is 0 Å². The fourth-order valence-corrected chi connectivity index (χ4v) is 3.18. The highest BCUT2D eigenvalue weighted by molar-refractivity contribution is 7.12. The molecule has 2 rings (SSSR count). The van der Waals surface area contributed by atoms with Crippen molar-refractivity contribution in [2.24, 2.45) is 5.92 Å². The lowest BCUT2D eigenvalue weighted by Gasteiger charge is -2.30. The molecule has 0 aliphatic heterocycles. The van der Waals surface area contributed by atoms with Crippen LogP contribution in [0.2, 0.25) is 0 Å². The lowest BCUT2D eigenvalue weighted by Crippen LogP contribution is -2.27. The first-order valence-electron chi connectivity index (χ1n) is 5.60. The number of aryl methyl sites for hydroxylation is 1. The Bertz CT molecular complexity index is 352. The fourth-order valence-electron chi connectivity index (χ4n) is 2.22. The first kappa shape index (κ1) is 12.0. The molecule has 0 spiro atoms. The molecule has 1 aliphatic rings. The molecule has 1 unspecified atom stereocenters. The van der Waals surface area contributed by atoms with E-state index >= 15 is 0 Å². The molecule has 90 valence electrons. The number of hydrogen-bond donors (Lipinski definition) is 1. The van der Waals surface area contributed by atoms with Crippen molar-refractivity contribution < 1.29 is 13.9 Å². The van der Waals surface area contributed by atoms with E-state index in [1.54, 1.807) is 11.3 Å². The molecule has 0 bridgehead atoms. The maximum absolute atomic E-state index is 13.0. The van der Waals surface area contributed by atoms with Crippen molar-refractivity contribution in [3.63, 3.8) is 0 Å². The van der Waals surface area contributed by atoms with E-state index in [1.165, 1.54) is 0 Å². The largest absolute Gasteiger partial charge is 0.387 e. The highest BCUT2D eigenvalue weighted by Crippen LogP contribution is 2.42. The highest BCUT2D eigenvalue weighted by Gasteiger charge is 2.37. The van der Waals surface area contributed by atoms with E-state index < -0.39 is 12.0 Å². The van der Waals surface area contributed by atoms with Crippen LogP contribution in [0, 0.1) is 12.8 Å². The highest BCUT2D eigenvalue weighted by atomic mass is 32.1. The molecule has 1 aromatic rings. The summed E-state index contributed by atoms with van der Waals surface area (Å²) >= 11 is 1.55. The summed E-state index contributed by atoms with van der Waals surface area (Å²) in [5, 5.41) is 10.1. The van der Waals surface area contributed by atoms with Gasteiger partial charge in [0.1, 0.15) is 0 Å². The number of alkyl halides is 2. The first-order valence-corrected chi connectivity index (χ1v) is 6.42. The summed E-state index contributed by atoms with van der Waals surface area (Å²) < 4.78 is 25.9. The molecule has 1 saturated carbocycles. The van der Waals surface area contributed by atoms with E-state index in [2.05, 4.69) is 0 Å². The van der Waals surface area contributed by atoms with Crippen molar-refractivity contribution in [1.29, 1.82) is 0 Å². The summed E-state index contributed by atoms with van der Waals surface area (Å²) in [4.78, 5) is 2.06. The summed E-state index contributed by atoms with van der Waals surface area (Å²) in [5.41, 5.74) is 0. The number of aliphatic hydroxyl groups excluding tert-OH is 1. The van der Waals surface area contributed by atoms with Crippen LogP contribution in [0.5, 0.6) is 0 Å². The van der Waals surface area contributed by atoms with Crippen molar-refractivity contribution in [1.82, 2.24) is 0 Å². The molecule has 0 saturated heterocycles. The summed E-state index contributed by atoms with van der Waals surface area (Å²) in [7, 11) is 0. The second-order valence-electron chi connectivity index (χ2n) is 4.59. The van der Waals surface area contributed by atoms with Crippen molar-refractivity contribution >= 4 is 11.3 Å². The zero-order valence-corrected chi connectivity index (χ0v) is 10.1. The van der Waals surface area contributed by atoms with Crippen LogP contribution in [0.3, 0.4) is 0 Å². The van der Waals surface area contributed by atoms with Crippen molar-refractivity contribution in [2.75, 3.05) is 0 Å². The van der Waals surface area contributed by atoms with Gasteiger partial charge in [0.2, 0.25) is 5.92 Å². The fraction of sp³-hybridized carbons (Fsp3) is 0.667. The standard InChI is InChI=1S/C12H16F2OS/c1-8-2-3-10(16-8)11(15)9-4-6-12(13,14)7-5-9/h2-3,9,11,15H,4-7H2,1H3. The Balaban J connectivity index is 1.99. The van der Waals surface area contributed by atoms with Gasteiger partial charge >= 0.3 is 0 Å². The molecular weight excluding hydrogens is 230 g/mol. The van der Waals surface area contributed by atoms with Crippen molar-refractivity contribution in [2.45, 2.75) is 44.6 Å². The van der Waals surface area contributed by atoms with Gasteiger partial charge in [0, 0.05) is 22.6 Å². The van der Waals surface area contributed by atoms with Crippen LogP contribution >= 0.6 is 11.3 Å². The van der Waals surface area contributed by atoms with Gasteiger partial charge in [-0.25, -0.2) is 8.78 Å². The van der Waals surface area contributed by atoms with Gasteiger partial charge in [-0.05, 0) is 37.8 Å². The monoisotopic (exact) mass is 246 g/mol. The Morgan fingerprint density at radius 2 is 2.00 bits per heavy atom. The molecule has 0 radical (unpaired) electrons. The number of aliphatic hydroxyl groups is 1. The summed E-state index contributed by atoms with van der Waals surface area (Å²) in [6.07, 6.45) is 0.115. The van der Waals surface area contributed by atoms with Crippen LogP contribution in [-0.2, 0) is 0 Å². The lowest BCUT2D eigenvalue weighted by molar-refractivity contribution is -0.0622. The Kier molecular flexibility index (Phi) is 3.31. The molecule has 4 heteroatoms. The van der Waals surface area contributed by atoms with Gasteiger partial charge < -0.3 is 5.11 Å². The quantitative estimate of drug-likeness (QED) is 0.838. The minimum Gasteiger partial charge on any atom is -0.387 e. The van der Waals surface area contributed by atoms with Gasteiger partial charge in [0.05, 0.1) is 6.10 Å². The van der Waals surface area contributed by atoms with Crippen LogP contribution in [0.15, 0.2) is 12.1 Å². The predicted molar refractivity (Wildman–Crippen MR) is 60.9 cm³/mol. The summed E-state index contributed by atoms with van der Waals surface area (Å²) in [6, 6.07) is 3.86. The maximum Gasteiger partial charge on any atom is 0.248 e. The van der Waals surface area contributed by atoms with E-state index in [9.17, 15) is 13.9 Å². The summed E-state index contributed by atoms with van der Waals surface area (Å²) in [5.74, 6) is -2.51. The normalized spacial score (nSPS) is 23.2. The zero-order valence-electron chi connectivity index (χ0n) is 9.25.